The highest BCUT2D eigenvalue weighted by molar-refractivity contribution is 5.46. The lowest BCUT2D eigenvalue weighted by molar-refractivity contribution is 0.724. The summed E-state index contributed by atoms with van der Waals surface area (Å²) in [5.41, 5.74) is 1.59. The standard InChI is InChI=1S/C11H14N4/c12-8-10-2-3-11(9-14-10)15-6-1-4-13-5-7-15/h2-3,9,13H,1,4-7H2. The molecule has 1 aliphatic heterocycles. The smallest absolute Gasteiger partial charge is 0.140 e. The van der Waals surface area contributed by atoms with Crippen LogP contribution in [0.25, 0.3) is 0 Å². The van der Waals surface area contributed by atoms with E-state index in [2.05, 4.69) is 15.2 Å². The van der Waals surface area contributed by atoms with Crippen LogP contribution in [0.4, 0.5) is 5.69 Å². The monoisotopic (exact) mass is 202 g/mol. The zero-order valence-electron chi connectivity index (χ0n) is 8.61. The molecule has 1 N–H and O–H groups in total. The van der Waals surface area contributed by atoms with Gasteiger partial charge in [-0.2, -0.15) is 5.26 Å². The van der Waals surface area contributed by atoms with Crippen LogP contribution in [0, 0.1) is 11.3 Å². The molecule has 0 amide bonds. The second-order valence-electron chi connectivity index (χ2n) is 3.60. The molecule has 0 atom stereocenters. The van der Waals surface area contributed by atoms with Crippen LogP contribution in [-0.2, 0) is 0 Å². The highest BCUT2D eigenvalue weighted by atomic mass is 15.2. The van der Waals surface area contributed by atoms with E-state index < -0.39 is 0 Å². The van der Waals surface area contributed by atoms with Gasteiger partial charge in [0.15, 0.2) is 0 Å². The SMILES string of the molecule is N#Cc1ccc(N2CCCNCC2)cn1. The van der Waals surface area contributed by atoms with Crippen molar-refractivity contribution in [2.45, 2.75) is 6.42 Å². The molecule has 0 unspecified atom stereocenters. The third-order valence-electron chi connectivity index (χ3n) is 2.57. The number of hydrogen-bond acceptors (Lipinski definition) is 4. The number of pyridine rings is 1. The molecular formula is C11H14N4. The average molecular weight is 202 g/mol. The molecule has 4 nitrogen and oxygen atoms in total. The van der Waals surface area contributed by atoms with Crippen LogP contribution in [0.5, 0.6) is 0 Å². The Balaban J connectivity index is 2.10. The maximum Gasteiger partial charge on any atom is 0.140 e. The van der Waals surface area contributed by atoms with Gasteiger partial charge in [-0.05, 0) is 25.1 Å². The van der Waals surface area contributed by atoms with Crippen LogP contribution < -0.4 is 10.2 Å². The molecule has 15 heavy (non-hydrogen) atoms. The molecule has 1 fully saturated rings. The van der Waals surface area contributed by atoms with E-state index >= 15 is 0 Å². The molecule has 0 saturated carbocycles. The van der Waals surface area contributed by atoms with Gasteiger partial charge in [0.25, 0.3) is 0 Å². The van der Waals surface area contributed by atoms with E-state index in [1.54, 1.807) is 12.3 Å². The molecule has 0 aromatic carbocycles. The third-order valence-corrected chi connectivity index (χ3v) is 2.57. The lowest BCUT2D eigenvalue weighted by Crippen LogP contribution is -2.27. The van der Waals surface area contributed by atoms with E-state index in [4.69, 9.17) is 5.26 Å². The molecule has 0 radical (unpaired) electrons. The summed E-state index contributed by atoms with van der Waals surface area (Å²) in [6.07, 6.45) is 2.93. The number of anilines is 1. The molecule has 1 aromatic rings. The summed E-state index contributed by atoms with van der Waals surface area (Å²) >= 11 is 0. The maximum absolute atomic E-state index is 8.65. The molecule has 0 aliphatic carbocycles. The molecule has 4 heteroatoms. The molecule has 0 spiro atoms. The maximum atomic E-state index is 8.65. The van der Waals surface area contributed by atoms with E-state index in [1.165, 1.54) is 0 Å². The minimum Gasteiger partial charge on any atom is -0.369 e. The van der Waals surface area contributed by atoms with Crippen molar-refractivity contribution in [1.29, 1.82) is 5.26 Å². The summed E-state index contributed by atoms with van der Waals surface area (Å²) in [7, 11) is 0. The van der Waals surface area contributed by atoms with Crippen molar-refractivity contribution in [2.75, 3.05) is 31.1 Å². The fourth-order valence-corrected chi connectivity index (χ4v) is 1.74. The second-order valence-corrected chi connectivity index (χ2v) is 3.60. The quantitative estimate of drug-likeness (QED) is 0.730. The summed E-state index contributed by atoms with van der Waals surface area (Å²) in [4.78, 5) is 6.38. The van der Waals surface area contributed by atoms with Crippen molar-refractivity contribution in [3.05, 3.63) is 24.0 Å². The highest BCUT2D eigenvalue weighted by Crippen LogP contribution is 2.13. The Bertz CT molecular complexity index is 344. The van der Waals surface area contributed by atoms with Crippen LogP contribution in [0.2, 0.25) is 0 Å². The Morgan fingerprint density at radius 1 is 1.33 bits per heavy atom. The van der Waals surface area contributed by atoms with Gasteiger partial charge in [-0.3, -0.25) is 0 Å². The van der Waals surface area contributed by atoms with Crippen LogP contribution in [0.15, 0.2) is 18.3 Å². The molecule has 1 aromatic heterocycles. The normalized spacial score (nSPS) is 16.9. The average Bonchev–Trinajstić information content (AvgIpc) is 2.58. The molecule has 2 rings (SSSR count). The van der Waals surface area contributed by atoms with Gasteiger partial charge in [0.1, 0.15) is 11.8 Å². The minimum absolute atomic E-state index is 0.478. The van der Waals surface area contributed by atoms with Crippen LogP contribution in [0.1, 0.15) is 12.1 Å². The van der Waals surface area contributed by atoms with Gasteiger partial charge in [0.2, 0.25) is 0 Å². The number of hydrogen-bond donors (Lipinski definition) is 1. The van der Waals surface area contributed by atoms with E-state index in [0.717, 1.165) is 38.3 Å². The molecule has 1 aliphatic rings. The number of rotatable bonds is 1. The molecular weight excluding hydrogens is 188 g/mol. The second kappa shape index (κ2) is 4.76. The first-order chi connectivity index (χ1) is 7.40. The predicted molar refractivity (Wildman–Crippen MR) is 58.7 cm³/mol. The number of aromatic nitrogens is 1. The third kappa shape index (κ3) is 2.45. The Labute approximate surface area is 89.5 Å². The Morgan fingerprint density at radius 3 is 3.00 bits per heavy atom. The molecule has 2 heterocycles. The van der Waals surface area contributed by atoms with E-state index in [9.17, 15) is 0 Å². The van der Waals surface area contributed by atoms with Crippen molar-refractivity contribution >= 4 is 5.69 Å². The van der Waals surface area contributed by atoms with Crippen LogP contribution in [0.3, 0.4) is 0 Å². The largest absolute Gasteiger partial charge is 0.369 e. The van der Waals surface area contributed by atoms with E-state index in [1.807, 2.05) is 12.1 Å². The van der Waals surface area contributed by atoms with Gasteiger partial charge in [0.05, 0.1) is 11.9 Å². The summed E-state index contributed by atoms with van der Waals surface area (Å²) in [5, 5.41) is 12.0. The van der Waals surface area contributed by atoms with E-state index in [0.29, 0.717) is 5.69 Å². The highest BCUT2D eigenvalue weighted by Gasteiger charge is 2.09. The van der Waals surface area contributed by atoms with Crippen LogP contribution in [-0.4, -0.2) is 31.2 Å². The molecule has 78 valence electrons. The summed E-state index contributed by atoms with van der Waals surface area (Å²) in [5.74, 6) is 0. The van der Waals surface area contributed by atoms with Gasteiger partial charge in [0, 0.05) is 19.6 Å². The Hall–Kier alpha value is -1.60. The Kier molecular flexibility index (Phi) is 3.15. The number of nitrogens with one attached hydrogen (secondary N) is 1. The lowest BCUT2D eigenvalue weighted by Gasteiger charge is -2.21. The summed E-state index contributed by atoms with van der Waals surface area (Å²) < 4.78 is 0. The van der Waals surface area contributed by atoms with Gasteiger partial charge in [-0.1, -0.05) is 0 Å². The first-order valence-electron chi connectivity index (χ1n) is 5.22. The van der Waals surface area contributed by atoms with Crippen molar-refractivity contribution < 1.29 is 0 Å². The van der Waals surface area contributed by atoms with Gasteiger partial charge in [-0.25, -0.2) is 4.98 Å². The first kappa shape index (κ1) is 9.94. The van der Waals surface area contributed by atoms with Gasteiger partial charge >= 0.3 is 0 Å². The zero-order chi connectivity index (χ0) is 10.5. The first-order valence-corrected chi connectivity index (χ1v) is 5.22. The molecule has 0 bridgehead atoms. The zero-order valence-corrected chi connectivity index (χ0v) is 8.61. The van der Waals surface area contributed by atoms with Crippen molar-refractivity contribution in [3.63, 3.8) is 0 Å². The molecule has 1 saturated heterocycles. The van der Waals surface area contributed by atoms with Gasteiger partial charge in [-0.15, -0.1) is 0 Å². The van der Waals surface area contributed by atoms with Gasteiger partial charge < -0.3 is 10.2 Å². The van der Waals surface area contributed by atoms with E-state index in [-0.39, 0.29) is 0 Å². The number of nitrogens with zero attached hydrogens (tertiary/aromatic N) is 3. The minimum atomic E-state index is 0.478. The number of nitriles is 1. The predicted octanol–water partition coefficient (Wildman–Crippen LogP) is 0.753. The Morgan fingerprint density at radius 2 is 2.27 bits per heavy atom. The fraction of sp³-hybridized carbons (Fsp3) is 0.455. The lowest BCUT2D eigenvalue weighted by atomic mass is 10.3. The van der Waals surface area contributed by atoms with Crippen molar-refractivity contribution in [3.8, 4) is 6.07 Å². The topological polar surface area (TPSA) is 52.0 Å². The fourth-order valence-electron chi connectivity index (χ4n) is 1.74. The van der Waals surface area contributed by atoms with Crippen molar-refractivity contribution in [2.24, 2.45) is 0 Å². The summed E-state index contributed by atoms with van der Waals surface area (Å²) in [6.45, 7) is 4.16. The van der Waals surface area contributed by atoms with Crippen LogP contribution >= 0.6 is 0 Å². The van der Waals surface area contributed by atoms with Crippen molar-refractivity contribution in [1.82, 2.24) is 10.3 Å². The summed E-state index contributed by atoms with van der Waals surface area (Å²) in [6, 6.07) is 5.77.